The van der Waals surface area contributed by atoms with Crippen LogP contribution in [0.3, 0.4) is 0 Å². The van der Waals surface area contributed by atoms with Crippen LogP contribution in [0.2, 0.25) is 0 Å². The number of ether oxygens (including phenoxy) is 1. The average Bonchev–Trinajstić information content (AvgIpc) is 3.13. The highest BCUT2D eigenvalue weighted by Gasteiger charge is 2.50. The molecule has 0 amide bonds. The topological polar surface area (TPSA) is 51.1 Å². The highest BCUT2D eigenvalue weighted by Crippen LogP contribution is 2.49. The zero-order valence-corrected chi connectivity index (χ0v) is 14.2. The van der Waals surface area contributed by atoms with Crippen molar-refractivity contribution in [3.05, 3.63) is 48.0 Å². The Morgan fingerprint density at radius 3 is 2.96 bits per heavy atom. The number of anilines is 1. The second-order valence-electron chi connectivity index (χ2n) is 7.14. The largest absolute Gasteiger partial charge is 0.375 e. The van der Waals surface area contributed by atoms with Gasteiger partial charge in [-0.15, -0.1) is 0 Å². The summed E-state index contributed by atoms with van der Waals surface area (Å²) >= 11 is 0. The molecule has 1 saturated heterocycles. The zero-order valence-electron chi connectivity index (χ0n) is 14.2. The number of rotatable bonds is 5. The summed E-state index contributed by atoms with van der Waals surface area (Å²) in [6, 6.07) is 7.97. The molecule has 3 heterocycles. The molecule has 2 aliphatic rings. The first-order valence-corrected chi connectivity index (χ1v) is 8.77. The Labute approximate surface area is 143 Å². The molecule has 5 heteroatoms. The van der Waals surface area contributed by atoms with Crippen molar-refractivity contribution in [2.45, 2.75) is 32.8 Å². The van der Waals surface area contributed by atoms with Crippen LogP contribution in [0.15, 0.2) is 36.7 Å². The van der Waals surface area contributed by atoms with E-state index in [0.717, 1.165) is 37.0 Å². The normalized spacial score (nSPS) is 25.9. The summed E-state index contributed by atoms with van der Waals surface area (Å²) in [6.07, 6.45) is 7.48. The first-order valence-electron chi connectivity index (χ1n) is 8.77. The van der Waals surface area contributed by atoms with E-state index in [4.69, 9.17) is 4.74 Å². The SMILES string of the molecule is Cc1cccc(COC[C@@]23CCC[C@@H]2CN(c2ncccn2)C3)n1. The number of hydrogen-bond donors (Lipinski definition) is 0. The van der Waals surface area contributed by atoms with Crippen molar-refractivity contribution in [2.24, 2.45) is 11.3 Å². The lowest BCUT2D eigenvalue weighted by Gasteiger charge is -2.28. The van der Waals surface area contributed by atoms with E-state index in [1.807, 2.05) is 43.6 Å². The van der Waals surface area contributed by atoms with Crippen LogP contribution in [0.5, 0.6) is 0 Å². The van der Waals surface area contributed by atoms with E-state index < -0.39 is 0 Å². The molecule has 2 fully saturated rings. The lowest BCUT2D eigenvalue weighted by atomic mass is 9.81. The van der Waals surface area contributed by atoms with Crippen molar-refractivity contribution < 1.29 is 4.74 Å². The quantitative estimate of drug-likeness (QED) is 0.846. The van der Waals surface area contributed by atoms with Gasteiger partial charge in [-0.1, -0.05) is 12.5 Å². The Bertz CT molecular complexity index is 693. The Hall–Kier alpha value is -2.01. The molecule has 126 valence electrons. The summed E-state index contributed by atoms with van der Waals surface area (Å²) in [5, 5.41) is 0. The van der Waals surface area contributed by atoms with Gasteiger partial charge in [0, 0.05) is 36.6 Å². The minimum absolute atomic E-state index is 0.253. The molecule has 0 spiro atoms. The van der Waals surface area contributed by atoms with Crippen LogP contribution in [0, 0.1) is 18.3 Å². The van der Waals surface area contributed by atoms with Crippen LogP contribution in [0.1, 0.15) is 30.7 Å². The summed E-state index contributed by atoms with van der Waals surface area (Å²) in [4.78, 5) is 15.7. The molecule has 5 nitrogen and oxygen atoms in total. The van der Waals surface area contributed by atoms with Crippen LogP contribution < -0.4 is 4.90 Å². The Balaban J connectivity index is 1.41. The summed E-state index contributed by atoms with van der Waals surface area (Å²) in [7, 11) is 0. The van der Waals surface area contributed by atoms with Gasteiger partial charge in [0.1, 0.15) is 0 Å². The van der Waals surface area contributed by atoms with Crippen molar-refractivity contribution in [2.75, 3.05) is 24.6 Å². The summed E-state index contributed by atoms with van der Waals surface area (Å²) in [6.45, 7) is 5.47. The highest BCUT2D eigenvalue weighted by molar-refractivity contribution is 5.33. The number of nitrogens with zero attached hydrogens (tertiary/aromatic N) is 4. The molecule has 0 bridgehead atoms. The van der Waals surface area contributed by atoms with Crippen LogP contribution >= 0.6 is 0 Å². The number of aryl methyl sites for hydroxylation is 1. The summed E-state index contributed by atoms with van der Waals surface area (Å²) in [5.74, 6) is 1.54. The fourth-order valence-corrected chi connectivity index (χ4v) is 4.30. The van der Waals surface area contributed by atoms with Gasteiger partial charge < -0.3 is 9.64 Å². The van der Waals surface area contributed by atoms with Gasteiger partial charge >= 0.3 is 0 Å². The molecule has 24 heavy (non-hydrogen) atoms. The maximum Gasteiger partial charge on any atom is 0.225 e. The fourth-order valence-electron chi connectivity index (χ4n) is 4.30. The maximum absolute atomic E-state index is 6.12. The molecule has 2 atom stereocenters. The average molecular weight is 324 g/mol. The molecule has 2 aromatic heterocycles. The van der Waals surface area contributed by atoms with Crippen molar-refractivity contribution in [1.29, 1.82) is 0 Å². The van der Waals surface area contributed by atoms with E-state index in [9.17, 15) is 0 Å². The highest BCUT2D eigenvalue weighted by atomic mass is 16.5. The molecule has 1 aliphatic carbocycles. The monoisotopic (exact) mass is 324 g/mol. The van der Waals surface area contributed by atoms with Gasteiger partial charge in [-0.25, -0.2) is 9.97 Å². The Morgan fingerprint density at radius 1 is 1.25 bits per heavy atom. The van der Waals surface area contributed by atoms with Crippen LogP contribution in [0.25, 0.3) is 0 Å². The number of pyridine rings is 1. The minimum atomic E-state index is 0.253. The number of fused-ring (bicyclic) bond motifs is 1. The van der Waals surface area contributed by atoms with Crippen molar-refractivity contribution in [3.63, 3.8) is 0 Å². The minimum Gasteiger partial charge on any atom is -0.375 e. The molecular weight excluding hydrogens is 300 g/mol. The van der Waals surface area contributed by atoms with Gasteiger partial charge in [-0.2, -0.15) is 0 Å². The Kier molecular flexibility index (Phi) is 4.19. The van der Waals surface area contributed by atoms with Gasteiger partial charge in [0.25, 0.3) is 0 Å². The van der Waals surface area contributed by atoms with Crippen molar-refractivity contribution in [1.82, 2.24) is 15.0 Å². The molecule has 4 rings (SSSR count). The smallest absolute Gasteiger partial charge is 0.225 e. The number of aromatic nitrogens is 3. The zero-order chi connectivity index (χ0) is 16.4. The lowest BCUT2D eigenvalue weighted by Crippen LogP contribution is -2.32. The third-order valence-electron chi connectivity index (χ3n) is 5.46. The lowest BCUT2D eigenvalue weighted by molar-refractivity contribution is 0.0300. The molecular formula is C19H24N4O. The van der Waals surface area contributed by atoms with Gasteiger partial charge in [0.05, 0.1) is 18.9 Å². The van der Waals surface area contributed by atoms with Gasteiger partial charge in [-0.3, -0.25) is 4.98 Å². The second-order valence-corrected chi connectivity index (χ2v) is 7.14. The summed E-state index contributed by atoms with van der Waals surface area (Å²) < 4.78 is 6.12. The van der Waals surface area contributed by atoms with Gasteiger partial charge in [-0.05, 0) is 43.9 Å². The van der Waals surface area contributed by atoms with E-state index in [-0.39, 0.29) is 5.41 Å². The van der Waals surface area contributed by atoms with E-state index in [1.165, 1.54) is 19.3 Å². The number of hydrogen-bond acceptors (Lipinski definition) is 5. The molecule has 0 aromatic carbocycles. The predicted octanol–water partition coefficient (Wildman–Crippen LogP) is 3.00. The van der Waals surface area contributed by atoms with Crippen molar-refractivity contribution in [3.8, 4) is 0 Å². The van der Waals surface area contributed by atoms with E-state index in [2.05, 4.69) is 19.9 Å². The van der Waals surface area contributed by atoms with Gasteiger partial charge in [0.15, 0.2) is 0 Å². The molecule has 0 unspecified atom stereocenters. The van der Waals surface area contributed by atoms with E-state index >= 15 is 0 Å². The van der Waals surface area contributed by atoms with Crippen LogP contribution in [-0.4, -0.2) is 34.6 Å². The van der Waals surface area contributed by atoms with Crippen molar-refractivity contribution >= 4 is 5.95 Å². The first kappa shape index (κ1) is 15.5. The third kappa shape index (κ3) is 3.00. The molecule has 1 aliphatic heterocycles. The second kappa shape index (κ2) is 6.48. The standard InChI is InChI=1S/C19H24N4O/c1-15-5-2-7-17(22-15)12-24-14-19-8-3-6-16(19)11-23(13-19)18-20-9-4-10-21-18/h2,4-5,7,9-10,16H,3,6,8,11-14H2,1H3/t16-,19+/m1/s1. The molecule has 0 radical (unpaired) electrons. The van der Waals surface area contributed by atoms with Crippen LogP contribution in [0.4, 0.5) is 5.95 Å². The predicted molar refractivity (Wildman–Crippen MR) is 92.6 cm³/mol. The van der Waals surface area contributed by atoms with Crippen LogP contribution in [-0.2, 0) is 11.3 Å². The first-order chi connectivity index (χ1) is 11.8. The van der Waals surface area contributed by atoms with E-state index in [0.29, 0.717) is 12.5 Å². The third-order valence-corrected chi connectivity index (χ3v) is 5.46. The van der Waals surface area contributed by atoms with E-state index in [1.54, 1.807) is 0 Å². The molecule has 1 saturated carbocycles. The maximum atomic E-state index is 6.12. The molecule has 0 N–H and O–H groups in total. The summed E-state index contributed by atoms with van der Waals surface area (Å²) in [5.41, 5.74) is 2.31. The molecule has 2 aromatic rings. The fraction of sp³-hybridized carbons (Fsp3) is 0.526. The van der Waals surface area contributed by atoms with Gasteiger partial charge in [0.2, 0.25) is 5.95 Å². The Morgan fingerprint density at radius 2 is 2.12 bits per heavy atom.